The van der Waals surface area contributed by atoms with Crippen molar-refractivity contribution in [2.75, 3.05) is 6.54 Å². The Labute approximate surface area is 140 Å². The number of hydrogen-bond acceptors (Lipinski definition) is 4. The number of carbonyl (C=O) groups excluding carboxylic acids is 2. The minimum absolute atomic E-state index is 0.112. The molecule has 0 fully saturated rings. The van der Waals surface area contributed by atoms with Crippen molar-refractivity contribution in [1.29, 1.82) is 0 Å². The van der Waals surface area contributed by atoms with Crippen molar-refractivity contribution in [3.8, 4) is 0 Å². The first-order valence-electron chi connectivity index (χ1n) is 6.99. The lowest BCUT2D eigenvalue weighted by Crippen LogP contribution is -2.35. The van der Waals surface area contributed by atoms with Crippen molar-refractivity contribution in [2.45, 2.75) is 11.1 Å². The van der Waals surface area contributed by atoms with Crippen LogP contribution in [-0.2, 0) is 16.2 Å². The summed E-state index contributed by atoms with van der Waals surface area (Å²) < 4.78 is 64.1. The normalized spacial score (nSPS) is 16.0. The molecule has 2 aromatic rings. The molecule has 0 saturated heterocycles. The van der Waals surface area contributed by atoms with Gasteiger partial charge in [0.25, 0.3) is 15.9 Å². The summed E-state index contributed by atoms with van der Waals surface area (Å²) in [7, 11) is -4.27. The lowest BCUT2D eigenvalue weighted by molar-refractivity contribution is -0.137. The average Bonchev–Trinajstić information content (AvgIpc) is 2.75. The number of Topliss-reactive ketones (excluding diaryl/α,β-unsaturated/α-hetero) is 1. The third-order valence-corrected chi connectivity index (χ3v) is 5.52. The van der Waals surface area contributed by atoms with Crippen LogP contribution in [0.15, 0.2) is 53.4 Å². The van der Waals surface area contributed by atoms with Gasteiger partial charge >= 0.3 is 6.18 Å². The maximum absolute atomic E-state index is 13.0. The number of hydrogen-bond donors (Lipinski definition) is 0. The second-order valence-electron chi connectivity index (χ2n) is 5.28. The summed E-state index contributed by atoms with van der Waals surface area (Å²) >= 11 is 0. The summed E-state index contributed by atoms with van der Waals surface area (Å²) in [5.41, 5.74) is -1.98. The third-order valence-electron chi connectivity index (χ3n) is 3.73. The summed E-state index contributed by atoms with van der Waals surface area (Å²) in [6.45, 7) is -0.997. The van der Waals surface area contributed by atoms with Gasteiger partial charge in [0, 0.05) is 5.56 Å². The molecule has 0 bridgehead atoms. The summed E-state index contributed by atoms with van der Waals surface area (Å²) in [5.74, 6) is -2.05. The van der Waals surface area contributed by atoms with Crippen LogP contribution in [-0.4, -0.2) is 31.0 Å². The molecule has 130 valence electrons. The molecule has 0 aliphatic carbocycles. The highest BCUT2D eigenvalue weighted by atomic mass is 32.2. The first-order chi connectivity index (χ1) is 11.6. The van der Waals surface area contributed by atoms with Crippen LogP contribution in [0.2, 0.25) is 0 Å². The maximum atomic E-state index is 13.0. The molecule has 0 saturated carbocycles. The predicted molar refractivity (Wildman–Crippen MR) is 80.4 cm³/mol. The molecule has 0 N–H and O–H groups in total. The van der Waals surface area contributed by atoms with Crippen LogP contribution in [0.5, 0.6) is 0 Å². The Morgan fingerprint density at radius 3 is 2.24 bits per heavy atom. The van der Waals surface area contributed by atoms with Crippen LogP contribution in [0, 0.1) is 0 Å². The number of alkyl halides is 3. The van der Waals surface area contributed by atoms with Crippen molar-refractivity contribution in [3.05, 3.63) is 65.2 Å². The predicted octanol–water partition coefficient (Wildman–Crippen LogP) is 2.73. The van der Waals surface area contributed by atoms with Crippen molar-refractivity contribution in [2.24, 2.45) is 0 Å². The van der Waals surface area contributed by atoms with Crippen LogP contribution in [0.1, 0.15) is 26.3 Å². The van der Waals surface area contributed by atoms with Gasteiger partial charge in [0.2, 0.25) is 0 Å². The molecule has 0 unspecified atom stereocenters. The van der Waals surface area contributed by atoms with Gasteiger partial charge in [-0.15, -0.1) is 0 Å². The van der Waals surface area contributed by atoms with E-state index in [4.69, 9.17) is 0 Å². The molecule has 9 heteroatoms. The van der Waals surface area contributed by atoms with Gasteiger partial charge in [0.05, 0.1) is 11.1 Å². The monoisotopic (exact) mass is 369 g/mol. The van der Waals surface area contributed by atoms with Crippen molar-refractivity contribution < 1.29 is 31.2 Å². The summed E-state index contributed by atoms with van der Waals surface area (Å²) in [4.78, 5) is 24.3. The molecule has 5 nitrogen and oxygen atoms in total. The van der Waals surface area contributed by atoms with E-state index in [-0.39, 0.29) is 10.5 Å². The number of benzene rings is 2. The van der Waals surface area contributed by atoms with E-state index >= 15 is 0 Å². The SMILES string of the molecule is O=C(CN1C(=O)c2ccccc2S1(=O)=O)c1ccccc1C(F)(F)F. The van der Waals surface area contributed by atoms with Gasteiger partial charge in [-0.2, -0.15) is 13.2 Å². The van der Waals surface area contributed by atoms with Gasteiger partial charge < -0.3 is 0 Å². The Hall–Kier alpha value is -2.68. The second-order valence-corrected chi connectivity index (χ2v) is 7.11. The zero-order valence-electron chi connectivity index (χ0n) is 12.4. The molecule has 1 aliphatic rings. The van der Waals surface area contributed by atoms with E-state index in [0.29, 0.717) is 4.31 Å². The standard InChI is InChI=1S/C16H10F3NO4S/c17-16(18,19)12-7-3-1-5-10(12)13(21)9-20-15(22)11-6-2-4-8-14(11)25(20,23)24/h1-8H,9H2. The van der Waals surface area contributed by atoms with Gasteiger partial charge in [0.1, 0.15) is 11.4 Å². The third kappa shape index (κ3) is 2.80. The highest BCUT2D eigenvalue weighted by Gasteiger charge is 2.43. The molecule has 0 atom stereocenters. The fourth-order valence-corrected chi connectivity index (χ4v) is 4.10. The number of amides is 1. The molecule has 1 amide bonds. The van der Waals surface area contributed by atoms with Crippen LogP contribution in [0.25, 0.3) is 0 Å². The van der Waals surface area contributed by atoms with Crippen LogP contribution in [0.3, 0.4) is 0 Å². The Morgan fingerprint density at radius 1 is 1.00 bits per heavy atom. The van der Waals surface area contributed by atoms with Gasteiger partial charge in [-0.05, 0) is 18.2 Å². The van der Waals surface area contributed by atoms with Gasteiger partial charge in [-0.1, -0.05) is 30.3 Å². The number of halogens is 3. The smallest absolute Gasteiger partial charge is 0.292 e. The maximum Gasteiger partial charge on any atom is 0.417 e. The largest absolute Gasteiger partial charge is 0.417 e. The van der Waals surface area contributed by atoms with E-state index < -0.39 is 45.6 Å². The number of ketones is 1. The van der Waals surface area contributed by atoms with Crippen molar-refractivity contribution in [3.63, 3.8) is 0 Å². The first kappa shape index (κ1) is 17.2. The number of nitrogens with zero attached hydrogens (tertiary/aromatic N) is 1. The van der Waals surface area contributed by atoms with Gasteiger partial charge in [0.15, 0.2) is 5.78 Å². The fraction of sp³-hybridized carbons (Fsp3) is 0.125. The zero-order chi connectivity index (χ0) is 18.4. The molecule has 0 spiro atoms. The van der Waals surface area contributed by atoms with E-state index in [0.717, 1.165) is 18.2 Å². The van der Waals surface area contributed by atoms with Gasteiger partial charge in [-0.3, -0.25) is 9.59 Å². The summed E-state index contributed by atoms with van der Waals surface area (Å²) in [5, 5.41) is 0. The van der Waals surface area contributed by atoms with Crippen LogP contribution >= 0.6 is 0 Å². The molecule has 1 aliphatic heterocycles. The summed E-state index contributed by atoms with van der Waals surface area (Å²) in [6.07, 6.45) is -4.77. The Morgan fingerprint density at radius 2 is 1.60 bits per heavy atom. The lowest BCUT2D eigenvalue weighted by Gasteiger charge is -2.16. The molecular weight excluding hydrogens is 359 g/mol. The minimum Gasteiger partial charge on any atom is -0.292 e. The Balaban J connectivity index is 1.98. The topological polar surface area (TPSA) is 71.5 Å². The van der Waals surface area contributed by atoms with E-state index in [9.17, 15) is 31.2 Å². The van der Waals surface area contributed by atoms with Crippen LogP contribution in [0.4, 0.5) is 13.2 Å². The second kappa shape index (κ2) is 5.69. The number of fused-ring (bicyclic) bond motifs is 1. The first-order valence-corrected chi connectivity index (χ1v) is 8.43. The van der Waals surface area contributed by atoms with E-state index in [1.165, 1.54) is 30.3 Å². The average molecular weight is 369 g/mol. The molecule has 0 radical (unpaired) electrons. The molecular formula is C16H10F3NO4S. The highest BCUT2D eigenvalue weighted by Crippen LogP contribution is 2.33. The number of rotatable bonds is 3. The molecule has 25 heavy (non-hydrogen) atoms. The minimum atomic E-state index is -4.77. The fourth-order valence-electron chi connectivity index (χ4n) is 2.58. The van der Waals surface area contributed by atoms with Crippen LogP contribution < -0.4 is 0 Å². The zero-order valence-corrected chi connectivity index (χ0v) is 13.3. The van der Waals surface area contributed by atoms with E-state index in [2.05, 4.69) is 0 Å². The Kier molecular flexibility index (Phi) is 3.91. The molecule has 0 aromatic heterocycles. The lowest BCUT2D eigenvalue weighted by atomic mass is 10.0. The van der Waals surface area contributed by atoms with Crippen molar-refractivity contribution >= 4 is 21.7 Å². The molecule has 3 rings (SSSR count). The Bertz CT molecular complexity index is 983. The molecule has 2 aromatic carbocycles. The van der Waals surface area contributed by atoms with Crippen molar-refractivity contribution in [1.82, 2.24) is 4.31 Å². The van der Waals surface area contributed by atoms with Gasteiger partial charge in [-0.25, -0.2) is 12.7 Å². The van der Waals surface area contributed by atoms with E-state index in [1.807, 2.05) is 0 Å². The van der Waals surface area contributed by atoms with E-state index in [1.54, 1.807) is 0 Å². The molecule has 1 heterocycles. The number of sulfonamides is 1. The quantitative estimate of drug-likeness (QED) is 0.780. The highest BCUT2D eigenvalue weighted by molar-refractivity contribution is 7.90. The summed E-state index contributed by atoms with van der Waals surface area (Å²) in [6, 6.07) is 9.38. The number of carbonyl (C=O) groups is 2.